The lowest BCUT2D eigenvalue weighted by molar-refractivity contribution is 0.0692. The number of carboxylic acids is 1. The maximum Gasteiger partial charge on any atom is 0.339 e. The van der Waals surface area contributed by atoms with E-state index in [4.69, 9.17) is 5.11 Å². The molecule has 0 aliphatic heterocycles. The largest absolute Gasteiger partial charge is 0.478 e. The third kappa shape index (κ3) is 2.79. The molecule has 0 aliphatic rings. The highest BCUT2D eigenvalue weighted by atomic mass is 16.4. The van der Waals surface area contributed by atoms with Crippen molar-refractivity contribution in [3.05, 3.63) is 47.3 Å². The third-order valence-corrected chi connectivity index (χ3v) is 2.55. The Labute approximate surface area is 109 Å². The molecule has 6 nitrogen and oxygen atoms in total. The molecule has 1 heterocycles. The van der Waals surface area contributed by atoms with Crippen LogP contribution in [0.15, 0.2) is 30.5 Å². The van der Waals surface area contributed by atoms with Gasteiger partial charge in [0.25, 0.3) is 5.91 Å². The molecule has 1 aromatic heterocycles. The van der Waals surface area contributed by atoms with Crippen molar-refractivity contribution >= 4 is 17.6 Å². The average molecular weight is 259 g/mol. The predicted octanol–water partition coefficient (Wildman–Crippen LogP) is 1.68. The number of hydrogen-bond acceptors (Lipinski definition) is 3. The third-order valence-electron chi connectivity index (χ3n) is 2.55. The van der Waals surface area contributed by atoms with Crippen molar-refractivity contribution in [2.24, 2.45) is 7.05 Å². The summed E-state index contributed by atoms with van der Waals surface area (Å²) in [5.74, 6) is -1.72. The average Bonchev–Trinajstić information content (AvgIpc) is 2.71. The number of carbonyl (C=O) groups is 2. The smallest absolute Gasteiger partial charge is 0.339 e. The van der Waals surface area contributed by atoms with Crippen LogP contribution in [0.4, 0.5) is 5.69 Å². The molecule has 0 unspecified atom stereocenters. The molecule has 0 saturated heterocycles. The zero-order chi connectivity index (χ0) is 14.0. The second-order valence-electron chi connectivity index (χ2n) is 4.19. The second kappa shape index (κ2) is 4.93. The maximum absolute atomic E-state index is 12.0. The number of benzene rings is 1. The summed E-state index contributed by atoms with van der Waals surface area (Å²) in [7, 11) is 1.57. The number of aromatic nitrogens is 2. The van der Waals surface area contributed by atoms with Crippen molar-refractivity contribution in [2.45, 2.75) is 6.92 Å². The molecule has 19 heavy (non-hydrogen) atoms. The van der Waals surface area contributed by atoms with Gasteiger partial charge in [0.1, 0.15) is 5.56 Å². The van der Waals surface area contributed by atoms with Crippen LogP contribution in [0, 0.1) is 6.92 Å². The molecule has 6 heteroatoms. The number of nitrogens with zero attached hydrogens (tertiary/aromatic N) is 2. The minimum atomic E-state index is -1.18. The molecule has 1 aromatic carbocycles. The van der Waals surface area contributed by atoms with Crippen molar-refractivity contribution in [2.75, 3.05) is 5.32 Å². The highest BCUT2D eigenvalue weighted by molar-refractivity contribution is 6.09. The first-order valence-electron chi connectivity index (χ1n) is 5.62. The first-order chi connectivity index (χ1) is 8.97. The zero-order valence-electron chi connectivity index (χ0n) is 10.5. The van der Waals surface area contributed by atoms with Crippen LogP contribution in [0.2, 0.25) is 0 Å². The van der Waals surface area contributed by atoms with Gasteiger partial charge in [0.15, 0.2) is 5.69 Å². The standard InChI is InChI=1S/C13H13N3O3/c1-8-4-3-5-9(6-8)14-12(17)11-10(13(18)19)7-16(2)15-11/h3-7H,1-2H3,(H,14,17)(H,18,19). The highest BCUT2D eigenvalue weighted by Crippen LogP contribution is 2.13. The fourth-order valence-electron chi connectivity index (χ4n) is 1.73. The monoisotopic (exact) mass is 259 g/mol. The molecular formula is C13H13N3O3. The molecule has 0 aliphatic carbocycles. The Kier molecular flexibility index (Phi) is 3.33. The normalized spacial score (nSPS) is 10.2. The van der Waals surface area contributed by atoms with Crippen LogP contribution < -0.4 is 5.32 Å². The molecule has 0 bridgehead atoms. The van der Waals surface area contributed by atoms with E-state index in [0.717, 1.165) is 5.56 Å². The lowest BCUT2D eigenvalue weighted by Crippen LogP contribution is -2.16. The van der Waals surface area contributed by atoms with E-state index in [1.807, 2.05) is 19.1 Å². The quantitative estimate of drug-likeness (QED) is 0.878. The minimum absolute atomic E-state index is 0.100. The van der Waals surface area contributed by atoms with Crippen LogP contribution in [-0.2, 0) is 7.05 Å². The van der Waals surface area contributed by atoms with Crippen LogP contribution in [0.3, 0.4) is 0 Å². The van der Waals surface area contributed by atoms with Gasteiger partial charge >= 0.3 is 5.97 Å². The van der Waals surface area contributed by atoms with Crippen molar-refractivity contribution in [1.82, 2.24) is 9.78 Å². The van der Waals surface area contributed by atoms with Gasteiger partial charge in [-0.25, -0.2) is 4.79 Å². The Morgan fingerprint density at radius 1 is 1.37 bits per heavy atom. The first kappa shape index (κ1) is 12.8. The van der Waals surface area contributed by atoms with Crippen molar-refractivity contribution in [3.8, 4) is 0 Å². The van der Waals surface area contributed by atoms with Gasteiger partial charge in [-0.1, -0.05) is 12.1 Å². The van der Waals surface area contributed by atoms with Gasteiger partial charge < -0.3 is 10.4 Å². The first-order valence-corrected chi connectivity index (χ1v) is 5.62. The zero-order valence-corrected chi connectivity index (χ0v) is 10.5. The molecule has 0 fully saturated rings. The van der Waals surface area contributed by atoms with Crippen LogP contribution in [0.25, 0.3) is 0 Å². The van der Waals surface area contributed by atoms with Crippen LogP contribution in [0.1, 0.15) is 26.4 Å². The summed E-state index contributed by atoms with van der Waals surface area (Å²) in [6.45, 7) is 1.90. The Bertz CT molecular complexity index is 646. The predicted molar refractivity (Wildman–Crippen MR) is 69.3 cm³/mol. The summed E-state index contributed by atoms with van der Waals surface area (Å²) >= 11 is 0. The van der Waals surface area contributed by atoms with Crippen molar-refractivity contribution < 1.29 is 14.7 Å². The number of anilines is 1. The number of carboxylic acid groups (broad SMARTS) is 1. The number of amides is 1. The number of aromatic carboxylic acids is 1. The van der Waals surface area contributed by atoms with Crippen molar-refractivity contribution in [3.63, 3.8) is 0 Å². The summed E-state index contributed by atoms with van der Waals surface area (Å²) in [5.41, 5.74) is 1.38. The van der Waals surface area contributed by atoms with E-state index in [1.54, 1.807) is 19.2 Å². The van der Waals surface area contributed by atoms with E-state index in [2.05, 4.69) is 10.4 Å². The van der Waals surface area contributed by atoms with Crippen molar-refractivity contribution in [1.29, 1.82) is 0 Å². The van der Waals surface area contributed by atoms with Crippen LogP contribution in [-0.4, -0.2) is 26.8 Å². The SMILES string of the molecule is Cc1cccc(NC(=O)c2nn(C)cc2C(=O)O)c1. The van der Waals surface area contributed by atoms with Crippen LogP contribution >= 0.6 is 0 Å². The fourth-order valence-corrected chi connectivity index (χ4v) is 1.73. The minimum Gasteiger partial charge on any atom is -0.478 e. The summed E-state index contributed by atoms with van der Waals surface area (Å²) in [4.78, 5) is 23.0. The topological polar surface area (TPSA) is 84.2 Å². The van der Waals surface area contributed by atoms with Gasteiger partial charge in [-0.15, -0.1) is 0 Å². The lowest BCUT2D eigenvalue weighted by atomic mass is 10.2. The number of aryl methyl sites for hydroxylation is 2. The van der Waals surface area contributed by atoms with Crippen LogP contribution in [0.5, 0.6) is 0 Å². The number of rotatable bonds is 3. The highest BCUT2D eigenvalue weighted by Gasteiger charge is 2.20. The molecule has 0 radical (unpaired) electrons. The van der Waals surface area contributed by atoms with Gasteiger partial charge in [-0.3, -0.25) is 9.48 Å². The molecule has 98 valence electrons. The fraction of sp³-hybridized carbons (Fsp3) is 0.154. The van der Waals surface area contributed by atoms with E-state index in [0.29, 0.717) is 5.69 Å². The maximum atomic E-state index is 12.0. The van der Waals surface area contributed by atoms with E-state index in [9.17, 15) is 9.59 Å². The number of carbonyl (C=O) groups excluding carboxylic acids is 1. The molecule has 0 saturated carbocycles. The van der Waals surface area contributed by atoms with E-state index in [1.165, 1.54) is 10.9 Å². The Morgan fingerprint density at radius 3 is 2.74 bits per heavy atom. The van der Waals surface area contributed by atoms with E-state index < -0.39 is 11.9 Å². The Balaban J connectivity index is 2.28. The second-order valence-corrected chi connectivity index (χ2v) is 4.19. The number of hydrogen-bond donors (Lipinski definition) is 2. The van der Waals surface area contributed by atoms with Gasteiger partial charge in [-0.2, -0.15) is 5.10 Å². The summed E-state index contributed by atoms with van der Waals surface area (Å²) in [6.07, 6.45) is 1.30. The molecule has 2 aromatic rings. The molecule has 0 spiro atoms. The summed E-state index contributed by atoms with van der Waals surface area (Å²) in [5, 5.41) is 15.5. The molecular weight excluding hydrogens is 246 g/mol. The van der Waals surface area contributed by atoms with Gasteiger partial charge in [-0.05, 0) is 24.6 Å². The molecule has 2 rings (SSSR count). The lowest BCUT2D eigenvalue weighted by Gasteiger charge is -2.04. The Hall–Kier alpha value is -2.63. The van der Waals surface area contributed by atoms with Gasteiger partial charge in [0.05, 0.1) is 0 Å². The molecule has 0 atom stereocenters. The van der Waals surface area contributed by atoms with E-state index in [-0.39, 0.29) is 11.3 Å². The molecule has 2 N–H and O–H groups in total. The summed E-state index contributed by atoms with van der Waals surface area (Å²) in [6, 6.07) is 7.23. The summed E-state index contributed by atoms with van der Waals surface area (Å²) < 4.78 is 1.30. The molecule has 1 amide bonds. The Morgan fingerprint density at radius 2 is 2.11 bits per heavy atom. The number of nitrogens with one attached hydrogen (secondary N) is 1. The van der Waals surface area contributed by atoms with E-state index >= 15 is 0 Å². The van der Waals surface area contributed by atoms with Gasteiger partial charge in [0, 0.05) is 18.9 Å². The van der Waals surface area contributed by atoms with Gasteiger partial charge in [0.2, 0.25) is 0 Å².